The molecule has 6 rings (SSSR count). The molecule has 3 aliphatic heterocycles. The number of hydrogen-bond donors (Lipinski definition) is 3. The fourth-order valence-corrected chi connectivity index (χ4v) is 7.42. The monoisotopic (exact) mass is 571 g/mol. The first kappa shape index (κ1) is 28.2. The van der Waals surface area contributed by atoms with Crippen molar-refractivity contribution in [3.05, 3.63) is 66.7 Å². The molecule has 3 unspecified atom stereocenters. The summed E-state index contributed by atoms with van der Waals surface area (Å²) in [5, 5.41) is 17.7. The van der Waals surface area contributed by atoms with Crippen molar-refractivity contribution in [3.8, 4) is 5.75 Å². The van der Waals surface area contributed by atoms with Gasteiger partial charge in [0.25, 0.3) is 0 Å². The molecule has 9 heteroatoms. The molecule has 9 nitrogen and oxygen atoms in total. The zero-order valence-electron chi connectivity index (χ0n) is 24.1. The van der Waals surface area contributed by atoms with Crippen LogP contribution in [0.2, 0.25) is 0 Å². The van der Waals surface area contributed by atoms with E-state index in [4.69, 9.17) is 9.47 Å². The van der Waals surface area contributed by atoms with Crippen molar-refractivity contribution in [1.82, 2.24) is 4.90 Å². The van der Waals surface area contributed by atoms with E-state index in [-0.39, 0.29) is 36.8 Å². The summed E-state index contributed by atoms with van der Waals surface area (Å²) in [5.74, 6) is -1.96. The Balaban J connectivity index is 1.32. The van der Waals surface area contributed by atoms with Crippen molar-refractivity contribution < 1.29 is 29.0 Å². The maximum Gasteiger partial charge on any atom is 0.250 e. The van der Waals surface area contributed by atoms with Crippen LogP contribution in [0.15, 0.2) is 66.7 Å². The minimum atomic E-state index is -1.16. The number of nitrogens with one attached hydrogen (secondary N) is 2. The Kier molecular flexibility index (Phi) is 7.19. The van der Waals surface area contributed by atoms with Crippen molar-refractivity contribution in [1.29, 1.82) is 0 Å². The number of aliphatic hydroxyl groups is 1. The fourth-order valence-electron chi connectivity index (χ4n) is 7.42. The lowest BCUT2D eigenvalue weighted by molar-refractivity contribution is -0.144. The Labute approximate surface area is 245 Å². The van der Waals surface area contributed by atoms with Gasteiger partial charge in [0, 0.05) is 24.5 Å². The Hall–Kier alpha value is -3.95. The Bertz CT molecular complexity index is 1530. The fraction of sp³-hybridized carbons (Fsp3) is 0.424. The van der Waals surface area contributed by atoms with Crippen LogP contribution in [0.1, 0.15) is 33.6 Å². The lowest BCUT2D eigenvalue weighted by Gasteiger charge is -2.36. The van der Waals surface area contributed by atoms with Crippen LogP contribution in [-0.2, 0) is 19.1 Å². The van der Waals surface area contributed by atoms with Crippen LogP contribution in [0.4, 0.5) is 11.4 Å². The SMILES string of the molecule is CCOc1ccc(NC(=O)[C@@H]2[C@H]3C(=O)N(CCCO)C(C(=O)Nc4ccc5ccccc5c4)C34CC(C)[C@@]2(C)O4)cc1. The smallest absolute Gasteiger partial charge is 0.250 e. The lowest BCUT2D eigenvalue weighted by atomic mass is 9.62. The van der Waals surface area contributed by atoms with Crippen LogP contribution in [0.25, 0.3) is 10.8 Å². The van der Waals surface area contributed by atoms with E-state index in [2.05, 4.69) is 10.6 Å². The number of amides is 3. The molecule has 3 aromatic rings. The molecule has 42 heavy (non-hydrogen) atoms. The number of ether oxygens (including phenoxy) is 2. The number of fused-ring (bicyclic) bond motifs is 2. The molecule has 0 radical (unpaired) electrons. The Morgan fingerprint density at radius 3 is 2.43 bits per heavy atom. The summed E-state index contributed by atoms with van der Waals surface area (Å²) in [6, 6.07) is 19.7. The lowest BCUT2D eigenvalue weighted by Crippen LogP contribution is -2.54. The zero-order valence-corrected chi connectivity index (χ0v) is 24.1. The first-order chi connectivity index (χ1) is 20.2. The second-order valence-electron chi connectivity index (χ2n) is 11.8. The molecule has 220 valence electrons. The van der Waals surface area contributed by atoms with E-state index in [1.165, 1.54) is 4.90 Å². The van der Waals surface area contributed by atoms with E-state index < -0.39 is 29.1 Å². The second kappa shape index (κ2) is 10.7. The Morgan fingerprint density at radius 1 is 1.02 bits per heavy atom. The third-order valence-electron chi connectivity index (χ3n) is 9.35. The predicted octanol–water partition coefficient (Wildman–Crippen LogP) is 4.21. The number of carbonyl (C=O) groups excluding carboxylic acids is 3. The van der Waals surface area contributed by atoms with Crippen LogP contribution >= 0.6 is 0 Å². The van der Waals surface area contributed by atoms with Gasteiger partial charge in [-0.1, -0.05) is 37.3 Å². The summed E-state index contributed by atoms with van der Waals surface area (Å²) in [6.07, 6.45) is 0.780. The van der Waals surface area contributed by atoms with Gasteiger partial charge in [0.05, 0.1) is 24.0 Å². The number of nitrogens with zero attached hydrogens (tertiary/aromatic N) is 1. The number of likely N-dealkylation sites (tertiary alicyclic amines) is 1. The van der Waals surface area contributed by atoms with Crippen molar-refractivity contribution in [2.24, 2.45) is 17.8 Å². The first-order valence-corrected chi connectivity index (χ1v) is 14.7. The normalized spacial score (nSPS) is 29.5. The molecule has 2 bridgehead atoms. The highest BCUT2D eigenvalue weighted by Crippen LogP contribution is 2.65. The largest absolute Gasteiger partial charge is 0.494 e. The van der Waals surface area contributed by atoms with Crippen molar-refractivity contribution in [2.45, 2.75) is 50.9 Å². The number of anilines is 2. The maximum atomic E-state index is 14.1. The maximum absolute atomic E-state index is 14.1. The highest BCUT2D eigenvalue weighted by Gasteiger charge is 2.79. The summed E-state index contributed by atoms with van der Waals surface area (Å²) >= 11 is 0. The van der Waals surface area contributed by atoms with Crippen LogP contribution in [-0.4, -0.2) is 64.7 Å². The van der Waals surface area contributed by atoms with E-state index in [9.17, 15) is 19.5 Å². The molecule has 3 aromatic carbocycles. The third-order valence-corrected chi connectivity index (χ3v) is 9.35. The van der Waals surface area contributed by atoms with Crippen LogP contribution in [0.5, 0.6) is 5.75 Å². The molecule has 3 heterocycles. The average Bonchev–Trinajstić information content (AvgIpc) is 3.49. The molecule has 3 saturated heterocycles. The molecule has 6 atom stereocenters. The van der Waals surface area contributed by atoms with Crippen molar-refractivity contribution in [3.63, 3.8) is 0 Å². The van der Waals surface area contributed by atoms with Gasteiger partial charge < -0.3 is 30.1 Å². The minimum Gasteiger partial charge on any atom is -0.494 e. The van der Waals surface area contributed by atoms with Crippen LogP contribution in [0.3, 0.4) is 0 Å². The van der Waals surface area contributed by atoms with E-state index in [1.807, 2.05) is 63.2 Å². The molecule has 3 fully saturated rings. The van der Waals surface area contributed by atoms with Gasteiger partial charge in [0.1, 0.15) is 17.4 Å². The summed E-state index contributed by atoms with van der Waals surface area (Å²) in [6.45, 7) is 6.40. The first-order valence-electron chi connectivity index (χ1n) is 14.7. The van der Waals surface area contributed by atoms with Gasteiger partial charge >= 0.3 is 0 Å². The molecule has 0 aliphatic carbocycles. The zero-order chi connectivity index (χ0) is 29.6. The van der Waals surface area contributed by atoms with Crippen molar-refractivity contribution in [2.75, 3.05) is 30.4 Å². The standard InChI is InChI=1S/C33H37N3O6/c1-4-41-25-14-12-23(13-15-25)34-29(38)26-27-31(40)36(16-7-17-37)28(33(27)19-20(2)32(26,3)42-33)30(39)35-24-11-10-21-8-5-6-9-22(21)18-24/h5-6,8-15,18,20,26-28,37H,4,7,16-17,19H2,1-3H3,(H,34,38)(H,35,39)/t20?,26-,27-,28?,32+,33?/m0/s1. The van der Waals surface area contributed by atoms with E-state index in [0.717, 1.165) is 10.8 Å². The molecule has 0 saturated carbocycles. The van der Waals surface area contributed by atoms with Gasteiger partial charge in [-0.25, -0.2) is 0 Å². The molecule has 1 spiro atoms. The summed E-state index contributed by atoms with van der Waals surface area (Å²) < 4.78 is 12.3. The summed E-state index contributed by atoms with van der Waals surface area (Å²) in [4.78, 5) is 43.7. The number of aliphatic hydroxyl groups excluding tert-OH is 1. The highest BCUT2D eigenvalue weighted by atomic mass is 16.5. The number of rotatable bonds is 9. The Morgan fingerprint density at radius 2 is 1.71 bits per heavy atom. The molecular weight excluding hydrogens is 534 g/mol. The van der Waals surface area contributed by atoms with Gasteiger partial charge in [0.2, 0.25) is 17.7 Å². The number of carbonyl (C=O) groups is 3. The van der Waals surface area contributed by atoms with E-state index in [0.29, 0.717) is 36.6 Å². The van der Waals surface area contributed by atoms with Gasteiger partial charge in [-0.3, -0.25) is 14.4 Å². The van der Waals surface area contributed by atoms with Gasteiger partial charge in [-0.15, -0.1) is 0 Å². The van der Waals surface area contributed by atoms with Crippen molar-refractivity contribution >= 4 is 39.9 Å². The van der Waals surface area contributed by atoms with Crippen LogP contribution < -0.4 is 15.4 Å². The minimum absolute atomic E-state index is 0.0774. The third kappa shape index (κ3) is 4.42. The molecule has 3 N–H and O–H groups in total. The quantitative estimate of drug-likeness (QED) is 0.354. The molecule has 0 aromatic heterocycles. The molecule has 3 aliphatic rings. The number of hydrogen-bond acceptors (Lipinski definition) is 6. The van der Waals surface area contributed by atoms with Crippen LogP contribution in [0, 0.1) is 17.8 Å². The topological polar surface area (TPSA) is 117 Å². The van der Waals surface area contributed by atoms with E-state index in [1.54, 1.807) is 24.3 Å². The summed E-state index contributed by atoms with van der Waals surface area (Å²) in [7, 11) is 0. The summed E-state index contributed by atoms with van der Waals surface area (Å²) in [5.41, 5.74) is -0.891. The van der Waals surface area contributed by atoms with E-state index >= 15 is 0 Å². The molecule has 3 amide bonds. The molecular formula is C33H37N3O6. The van der Waals surface area contributed by atoms with Gasteiger partial charge in [0.15, 0.2) is 0 Å². The predicted molar refractivity (Wildman–Crippen MR) is 159 cm³/mol. The van der Waals surface area contributed by atoms with Gasteiger partial charge in [-0.2, -0.15) is 0 Å². The average molecular weight is 572 g/mol. The number of benzene rings is 3. The second-order valence-corrected chi connectivity index (χ2v) is 11.8. The van der Waals surface area contributed by atoms with Gasteiger partial charge in [-0.05, 0) is 79.8 Å². The highest BCUT2D eigenvalue weighted by molar-refractivity contribution is 6.06.